The smallest absolute Gasteiger partial charge is 0.218 e. The Labute approximate surface area is 102 Å². The van der Waals surface area contributed by atoms with Crippen molar-refractivity contribution in [3.63, 3.8) is 0 Å². The summed E-state index contributed by atoms with van der Waals surface area (Å²) in [6, 6.07) is 2.48. The third-order valence-corrected chi connectivity index (χ3v) is 3.01. The van der Waals surface area contributed by atoms with Crippen LogP contribution in [-0.2, 0) is 0 Å². The molecule has 1 atom stereocenters. The Morgan fingerprint density at radius 3 is 3.00 bits per heavy atom. The molecule has 1 aromatic rings. The van der Waals surface area contributed by atoms with Crippen LogP contribution in [0.25, 0.3) is 0 Å². The van der Waals surface area contributed by atoms with Crippen LogP contribution in [-0.4, -0.2) is 42.8 Å². The van der Waals surface area contributed by atoms with Crippen molar-refractivity contribution in [3.05, 3.63) is 11.9 Å². The molecule has 94 valence electrons. The van der Waals surface area contributed by atoms with Gasteiger partial charge in [-0.15, -0.1) is 0 Å². The number of rotatable bonds is 4. The quantitative estimate of drug-likeness (QED) is 0.844. The summed E-state index contributed by atoms with van der Waals surface area (Å²) < 4.78 is 5.45. The second-order valence-corrected chi connectivity index (χ2v) is 4.26. The van der Waals surface area contributed by atoms with Crippen LogP contribution in [0.4, 0.5) is 5.82 Å². The molecule has 0 spiro atoms. The van der Waals surface area contributed by atoms with Gasteiger partial charge in [-0.05, 0) is 27.3 Å². The van der Waals surface area contributed by atoms with Gasteiger partial charge in [-0.25, -0.2) is 4.98 Å². The average Bonchev–Trinajstić information content (AvgIpc) is 2.77. The number of hydrogen-bond acceptors (Lipinski definition) is 5. The number of hydrogen-bond donors (Lipinski definition) is 1. The highest BCUT2D eigenvalue weighted by Gasteiger charge is 2.22. The predicted octanol–water partition coefficient (Wildman–Crippen LogP) is 0.982. The molecule has 1 N–H and O–H groups in total. The Balaban J connectivity index is 2.15. The standard InChI is InChI=1S/C12H20N4O/c1-4-17-12-7-11(14-9(2)15-12)16-6-5-10(8-16)13-3/h7,10,13H,4-6,8H2,1-3H3. The first kappa shape index (κ1) is 12.1. The summed E-state index contributed by atoms with van der Waals surface area (Å²) in [6.07, 6.45) is 1.16. The van der Waals surface area contributed by atoms with E-state index in [1.54, 1.807) is 0 Å². The fourth-order valence-corrected chi connectivity index (χ4v) is 2.11. The molecule has 1 aliphatic rings. The first-order chi connectivity index (χ1) is 8.22. The van der Waals surface area contributed by atoms with Crippen molar-refractivity contribution in [2.24, 2.45) is 0 Å². The summed E-state index contributed by atoms with van der Waals surface area (Å²) in [7, 11) is 2.00. The lowest BCUT2D eigenvalue weighted by molar-refractivity contribution is 0.325. The van der Waals surface area contributed by atoms with Gasteiger partial charge in [0, 0.05) is 25.2 Å². The largest absolute Gasteiger partial charge is 0.478 e. The van der Waals surface area contributed by atoms with Crippen LogP contribution in [0.1, 0.15) is 19.2 Å². The molecule has 17 heavy (non-hydrogen) atoms. The van der Waals surface area contributed by atoms with Crippen molar-refractivity contribution in [3.8, 4) is 5.88 Å². The zero-order chi connectivity index (χ0) is 12.3. The minimum absolute atomic E-state index is 0.556. The maximum atomic E-state index is 5.45. The molecule has 1 aliphatic heterocycles. The zero-order valence-corrected chi connectivity index (χ0v) is 10.7. The van der Waals surface area contributed by atoms with E-state index in [1.165, 1.54) is 0 Å². The van der Waals surface area contributed by atoms with E-state index in [0.717, 1.165) is 31.2 Å². The van der Waals surface area contributed by atoms with Crippen LogP contribution in [0.3, 0.4) is 0 Å². The molecule has 0 saturated carbocycles. The Kier molecular flexibility index (Phi) is 3.78. The molecule has 1 fully saturated rings. The number of ether oxygens (including phenoxy) is 1. The van der Waals surface area contributed by atoms with Crippen molar-refractivity contribution in [2.75, 3.05) is 31.6 Å². The lowest BCUT2D eigenvalue weighted by atomic mass is 10.3. The first-order valence-electron chi connectivity index (χ1n) is 6.13. The van der Waals surface area contributed by atoms with E-state index in [4.69, 9.17) is 4.74 Å². The van der Waals surface area contributed by atoms with E-state index >= 15 is 0 Å². The highest BCUT2D eigenvalue weighted by atomic mass is 16.5. The summed E-state index contributed by atoms with van der Waals surface area (Å²) >= 11 is 0. The summed E-state index contributed by atoms with van der Waals surface area (Å²) in [4.78, 5) is 11.0. The second-order valence-electron chi connectivity index (χ2n) is 4.26. The molecule has 5 heteroatoms. The van der Waals surface area contributed by atoms with E-state index in [1.807, 2.05) is 27.0 Å². The molecule has 2 rings (SSSR count). The maximum absolute atomic E-state index is 5.45. The average molecular weight is 236 g/mol. The minimum Gasteiger partial charge on any atom is -0.478 e. The van der Waals surface area contributed by atoms with Gasteiger partial charge in [-0.2, -0.15) is 4.98 Å². The number of nitrogens with zero attached hydrogens (tertiary/aromatic N) is 3. The fourth-order valence-electron chi connectivity index (χ4n) is 2.11. The van der Waals surface area contributed by atoms with E-state index < -0.39 is 0 Å². The topological polar surface area (TPSA) is 50.3 Å². The van der Waals surface area contributed by atoms with Crippen LogP contribution < -0.4 is 15.0 Å². The second kappa shape index (κ2) is 5.31. The van der Waals surface area contributed by atoms with Crippen LogP contribution in [0.2, 0.25) is 0 Å². The number of anilines is 1. The molecule has 0 radical (unpaired) electrons. The van der Waals surface area contributed by atoms with Gasteiger partial charge in [0.1, 0.15) is 11.6 Å². The Morgan fingerprint density at radius 1 is 1.53 bits per heavy atom. The Bertz CT molecular complexity index is 383. The molecule has 1 aromatic heterocycles. The number of nitrogens with one attached hydrogen (secondary N) is 1. The summed E-state index contributed by atoms with van der Waals surface area (Å²) in [5.41, 5.74) is 0. The van der Waals surface area contributed by atoms with Gasteiger partial charge >= 0.3 is 0 Å². The van der Waals surface area contributed by atoms with Gasteiger partial charge in [0.2, 0.25) is 5.88 Å². The van der Waals surface area contributed by atoms with E-state index in [2.05, 4.69) is 20.2 Å². The van der Waals surface area contributed by atoms with Crippen LogP contribution in [0.5, 0.6) is 5.88 Å². The van der Waals surface area contributed by atoms with Gasteiger partial charge in [-0.3, -0.25) is 0 Å². The summed E-state index contributed by atoms with van der Waals surface area (Å²) in [5.74, 6) is 2.40. The fraction of sp³-hybridized carbons (Fsp3) is 0.667. The Hall–Kier alpha value is -1.36. The van der Waals surface area contributed by atoms with Crippen molar-refractivity contribution in [1.82, 2.24) is 15.3 Å². The normalized spacial score (nSPS) is 19.7. The third-order valence-electron chi connectivity index (χ3n) is 3.01. The molecule has 0 bridgehead atoms. The van der Waals surface area contributed by atoms with E-state index in [0.29, 0.717) is 18.5 Å². The molecule has 1 saturated heterocycles. The molecule has 0 amide bonds. The third kappa shape index (κ3) is 2.85. The SMILES string of the molecule is CCOc1cc(N2CCC(NC)C2)nc(C)n1. The minimum atomic E-state index is 0.556. The molecule has 5 nitrogen and oxygen atoms in total. The van der Waals surface area contributed by atoms with Crippen molar-refractivity contribution in [2.45, 2.75) is 26.3 Å². The summed E-state index contributed by atoms with van der Waals surface area (Å²) in [5, 5.41) is 3.30. The van der Waals surface area contributed by atoms with Crippen molar-refractivity contribution < 1.29 is 4.74 Å². The van der Waals surface area contributed by atoms with Crippen LogP contribution in [0, 0.1) is 6.92 Å². The molecule has 0 aliphatic carbocycles. The van der Waals surface area contributed by atoms with Gasteiger partial charge in [-0.1, -0.05) is 0 Å². The highest BCUT2D eigenvalue weighted by Crippen LogP contribution is 2.21. The predicted molar refractivity (Wildman–Crippen MR) is 67.6 cm³/mol. The van der Waals surface area contributed by atoms with Crippen molar-refractivity contribution >= 4 is 5.82 Å². The molecular formula is C12H20N4O. The molecule has 2 heterocycles. The lowest BCUT2D eigenvalue weighted by Crippen LogP contribution is -2.30. The molecular weight excluding hydrogens is 216 g/mol. The lowest BCUT2D eigenvalue weighted by Gasteiger charge is -2.18. The monoisotopic (exact) mass is 236 g/mol. The first-order valence-corrected chi connectivity index (χ1v) is 6.13. The Morgan fingerprint density at radius 2 is 2.35 bits per heavy atom. The van der Waals surface area contributed by atoms with Crippen LogP contribution in [0.15, 0.2) is 6.07 Å². The zero-order valence-electron chi connectivity index (χ0n) is 10.7. The number of aromatic nitrogens is 2. The van der Waals surface area contributed by atoms with E-state index in [9.17, 15) is 0 Å². The van der Waals surface area contributed by atoms with Crippen LogP contribution >= 0.6 is 0 Å². The molecule has 1 unspecified atom stereocenters. The summed E-state index contributed by atoms with van der Waals surface area (Å²) in [6.45, 7) is 6.53. The number of aryl methyl sites for hydroxylation is 1. The van der Waals surface area contributed by atoms with Gasteiger partial charge in [0.15, 0.2) is 0 Å². The van der Waals surface area contributed by atoms with Crippen molar-refractivity contribution in [1.29, 1.82) is 0 Å². The highest BCUT2D eigenvalue weighted by molar-refractivity contribution is 5.43. The van der Waals surface area contributed by atoms with Gasteiger partial charge < -0.3 is 15.0 Å². The van der Waals surface area contributed by atoms with E-state index in [-0.39, 0.29) is 0 Å². The maximum Gasteiger partial charge on any atom is 0.218 e. The molecule has 0 aromatic carbocycles. The van der Waals surface area contributed by atoms with Gasteiger partial charge in [0.25, 0.3) is 0 Å². The van der Waals surface area contributed by atoms with Gasteiger partial charge in [0.05, 0.1) is 6.61 Å². The number of likely N-dealkylation sites (N-methyl/N-ethyl adjacent to an activating group) is 1.